The van der Waals surface area contributed by atoms with Crippen molar-refractivity contribution in [3.05, 3.63) is 83.1 Å². The van der Waals surface area contributed by atoms with Crippen molar-refractivity contribution in [1.82, 2.24) is 24.4 Å². The van der Waals surface area contributed by atoms with Gasteiger partial charge in [-0.2, -0.15) is 5.26 Å². The van der Waals surface area contributed by atoms with Gasteiger partial charge in [-0.1, -0.05) is 45.0 Å². The first-order valence-corrected chi connectivity index (χ1v) is 13.1. The van der Waals surface area contributed by atoms with Crippen LogP contribution in [-0.2, 0) is 16.1 Å². The molecular formula is C30H31N7O4. The molecule has 210 valence electrons. The lowest BCUT2D eigenvalue weighted by Gasteiger charge is -2.35. The third-order valence-corrected chi connectivity index (χ3v) is 6.84. The Morgan fingerprint density at radius 3 is 2.49 bits per heavy atom. The number of carbonyl (C=O) groups is 1. The van der Waals surface area contributed by atoms with Crippen molar-refractivity contribution in [1.29, 1.82) is 5.26 Å². The van der Waals surface area contributed by atoms with E-state index in [-0.39, 0.29) is 35.6 Å². The van der Waals surface area contributed by atoms with E-state index in [9.17, 15) is 14.9 Å². The van der Waals surface area contributed by atoms with E-state index in [4.69, 9.17) is 15.2 Å². The van der Waals surface area contributed by atoms with Gasteiger partial charge in [-0.3, -0.25) is 13.9 Å². The first-order chi connectivity index (χ1) is 19.6. The van der Waals surface area contributed by atoms with E-state index in [2.05, 4.69) is 15.3 Å². The molecule has 1 saturated heterocycles. The summed E-state index contributed by atoms with van der Waals surface area (Å²) in [7, 11) is 0. The third-order valence-electron chi connectivity index (χ3n) is 6.84. The zero-order valence-electron chi connectivity index (χ0n) is 23.1. The normalized spacial score (nSPS) is 14.7. The average Bonchev–Trinajstić information content (AvgIpc) is 3.22. The number of hydrogen-bond acceptors (Lipinski definition) is 8. The highest BCUT2D eigenvalue weighted by molar-refractivity contribution is 5.97. The Bertz CT molecular complexity index is 1710. The quantitative estimate of drug-likeness (QED) is 0.236. The maximum atomic E-state index is 13.8. The van der Waals surface area contributed by atoms with Gasteiger partial charge in [0.1, 0.15) is 35.0 Å². The number of benzene rings is 2. The van der Waals surface area contributed by atoms with Gasteiger partial charge in [-0.25, -0.2) is 14.8 Å². The van der Waals surface area contributed by atoms with Crippen LogP contribution >= 0.6 is 0 Å². The number of rotatable bonds is 9. The molecule has 0 bridgehead atoms. The Labute approximate surface area is 236 Å². The topological polar surface area (TPSA) is 150 Å². The second-order valence-electron chi connectivity index (χ2n) is 11.2. The molecule has 11 heteroatoms. The van der Waals surface area contributed by atoms with Crippen LogP contribution in [0.2, 0.25) is 0 Å². The molecule has 2 aromatic heterocycles. The maximum absolute atomic E-state index is 13.8. The standard InChI is InChI=1S/C30H31N7O4/c1-29(2,15-33-27(38)20(14-31)13-30(3)17-40-18-30)16-36-26-24(25(32)34-19-35-26)37(28(36)39)21-9-11-23(12-10-21)41-22-7-5-4-6-8-22/h4-13,19H,15-18H2,1-3H3,(H,33,38)(H2,32,34,35)/b20-13-. The van der Waals surface area contributed by atoms with Gasteiger partial charge in [-0.05, 0) is 36.4 Å². The number of fused-ring (bicyclic) bond motifs is 1. The van der Waals surface area contributed by atoms with Crippen molar-refractivity contribution in [3.63, 3.8) is 0 Å². The number of aromatic nitrogens is 4. The number of anilines is 1. The molecule has 11 nitrogen and oxygen atoms in total. The molecule has 3 heterocycles. The van der Waals surface area contributed by atoms with Crippen LogP contribution in [-0.4, -0.2) is 44.8 Å². The first-order valence-electron chi connectivity index (χ1n) is 13.1. The lowest BCUT2D eigenvalue weighted by molar-refractivity contribution is -0.118. The summed E-state index contributed by atoms with van der Waals surface area (Å²) >= 11 is 0. The molecule has 2 aromatic carbocycles. The number of hydrogen-bond donors (Lipinski definition) is 2. The zero-order valence-corrected chi connectivity index (χ0v) is 23.1. The number of amides is 1. The average molecular weight is 554 g/mol. The van der Waals surface area contributed by atoms with Gasteiger partial charge < -0.3 is 20.5 Å². The molecular weight excluding hydrogens is 522 g/mol. The minimum atomic E-state index is -0.588. The largest absolute Gasteiger partial charge is 0.457 e. The number of nitriles is 1. The summed E-state index contributed by atoms with van der Waals surface area (Å²) < 4.78 is 14.1. The number of nitrogens with zero attached hydrogens (tertiary/aromatic N) is 5. The summed E-state index contributed by atoms with van der Waals surface area (Å²) in [6.07, 6.45) is 2.98. The molecule has 0 unspecified atom stereocenters. The monoisotopic (exact) mass is 553 g/mol. The molecule has 1 aliphatic rings. The van der Waals surface area contributed by atoms with Gasteiger partial charge in [0.15, 0.2) is 11.5 Å². The predicted molar refractivity (Wildman–Crippen MR) is 153 cm³/mol. The highest BCUT2D eigenvalue weighted by Gasteiger charge is 2.33. The number of para-hydroxylation sites is 1. The molecule has 3 N–H and O–H groups in total. The molecule has 0 saturated carbocycles. The van der Waals surface area contributed by atoms with Crippen molar-refractivity contribution in [3.8, 4) is 23.3 Å². The fraction of sp³-hybridized carbons (Fsp3) is 0.300. The minimum absolute atomic E-state index is 0.0422. The van der Waals surface area contributed by atoms with Crippen molar-refractivity contribution < 1.29 is 14.3 Å². The molecule has 0 spiro atoms. The van der Waals surface area contributed by atoms with Crippen molar-refractivity contribution in [2.45, 2.75) is 27.3 Å². The van der Waals surface area contributed by atoms with E-state index >= 15 is 0 Å². The Morgan fingerprint density at radius 1 is 1.17 bits per heavy atom. The Morgan fingerprint density at radius 2 is 1.85 bits per heavy atom. The van der Waals surface area contributed by atoms with Crippen LogP contribution in [0.5, 0.6) is 11.5 Å². The molecule has 0 radical (unpaired) electrons. The summed E-state index contributed by atoms with van der Waals surface area (Å²) in [5.74, 6) is 1.01. The second-order valence-corrected chi connectivity index (χ2v) is 11.2. The predicted octanol–water partition coefficient (Wildman–Crippen LogP) is 3.59. The van der Waals surface area contributed by atoms with E-state index in [1.807, 2.05) is 57.2 Å². The number of ether oxygens (including phenoxy) is 2. The van der Waals surface area contributed by atoms with Gasteiger partial charge >= 0.3 is 5.69 Å². The van der Waals surface area contributed by atoms with Gasteiger partial charge in [0.25, 0.3) is 5.91 Å². The van der Waals surface area contributed by atoms with Gasteiger partial charge in [0.2, 0.25) is 0 Å². The number of nitrogens with one attached hydrogen (secondary N) is 1. The van der Waals surface area contributed by atoms with Gasteiger partial charge in [0, 0.05) is 23.9 Å². The molecule has 1 fully saturated rings. The molecule has 1 aliphatic heterocycles. The van der Waals surface area contributed by atoms with Crippen LogP contribution < -0.4 is 21.5 Å². The van der Waals surface area contributed by atoms with Gasteiger partial charge in [0.05, 0.1) is 18.9 Å². The fourth-order valence-electron chi connectivity index (χ4n) is 4.67. The van der Waals surface area contributed by atoms with E-state index in [0.717, 1.165) is 0 Å². The first kappa shape index (κ1) is 27.6. The number of carbonyl (C=O) groups excluding carboxylic acids is 1. The van der Waals surface area contributed by atoms with Crippen molar-refractivity contribution in [2.75, 3.05) is 25.5 Å². The highest BCUT2D eigenvalue weighted by Crippen LogP contribution is 2.30. The molecule has 0 atom stereocenters. The van der Waals surface area contributed by atoms with Crippen LogP contribution in [0.25, 0.3) is 16.9 Å². The molecule has 4 aromatic rings. The smallest absolute Gasteiger partial charge is 0.335 e. The number of nitrogens with two attached hydrogens (primary N) is 1. The van der Waals surface area contributed by atoms with Crippen molar-refractivity contribution in [2.24, 2.45) is 10.8 Å². The third kappa shape index (κ3) is 5.83. The molecule has 5 rings (SSSR count). The molecule has 0 aliphatic carbocycles. The summed E-state index contributed by atoms with van der Waals surface area (Å²) in [4.78, 5) is 35.1. The Kier molecular flexibility index (Phi) is 7.34. The van der Waals surface area contributed by atoms with E-state index < -0.39 is 11.3 Å². The van der Waals surface area contributed by atoms with Crippen LogP contribution in [0.4, 0.5) is 5.82 Å². The van der Waals surface area contributed by atoms with Crippen LogP contribution in [0, 0.1) is 22.2 Å². The zero-order chi connectivity index (χ0) is 29.2. The van der Waals surface area contributed by atoms with E-state index in [1.54, 1.807) is 30.3 Å². The second kappa shape index (κ2) is 10.9. The summed E-state index contributed by atoms with van der Waals surface area (Å²) in [6, 6.07) is 18.5. The van der Waals surface area contributed by atoms with Crippen molar-refractivity contribution >= 4 is 22.9 Å². The number of imidazole rings is 1. The van der Waals surface area contributed by atoms with Crippen LogP contribution in [0.3, 0.4) is 0 Å². The summed E-state index contributed by atoms with van der Waals surface area (Å²) in [5, 5.41) is 12.4. The highest BCUT2D eigenvalue weighted by atomic mass is 16.5. The van der Waals surface area contributed by atoms with Crippen LogP contribution in [0.1, 0.15) is 20.8 Å². The summed E-state index contributed by atoms with van der Waals surface area (Å²) in [6.45, 7) is 7.14. The molecule has 1 amide bonds. The maximum Gasteiger partial charge on any atom is 0.335 e. The fourth-order valence-corrected chi connectivity index (χ4v) is 4.67. The lowest BCUT2D eigenvalue weighted by atomic mass is 9.86. The van der Waals surface area contributed by atoms with E-state index in [0.29, 0.717) is 41.6 Å². The summed E-state index contributed by atoms with van der Waals surface area (Å²) in [5.41, 5.74) is 6.36. The SMILES string of the molecule is CC(C)(CNC(=O)/C(C#N)=C\C1(C)COC1)Cn1c(=O)n(-c2ccc(Oc3ccccc3)cc2)c2c(N)ncnc21. The Balaban J connectivity index is 1.40. The van der Waals surface area contributed by atoms with E-state index in [1.165, 1.54) is 15.5 Å². The lowest BCUT2D eigenvalue weighted by Crippen LogP contribution is -2.41. The van der Waals surface area contributed by atoms with Crippen LogP contribution in [0.15, 0.2) is 77.4 Å². The minimum Gasteiger partial charge on any atom is -0.457 e. The Hall–Kier alpha value is -4.95. The number of nitrogen functional groups attached to an aromatic ring is 1. The van der Waals surface area contributed by atoms with Gasteiger partial charge in [-0.15, -0.1) is 0 Å². The molecule has 41 heavy (non-hydrogen) atoms.